The van der Waals surface area contributed by atoms with Gasteiger partial charge in [-0.1, -0.05) is 20.8 Å². The van der Waals surface area contributed by atoms with Gasteiger partial charge in [-0.15, -0.1) is 0 Å². The fraction of sp³-hybridized carbons (Fsp3) is 0.812. The number of rotatable bonds is 6. The Labute approximate surface area is 261 Å². The number of ketones is 1. The summed E-state index contributed by atoms with van der Waals surface area (Å²) in [6, 6.07) is 0. The van der Waals surface area contributed by atoms with Gasteiger partial charge in [0.15, 0.2) is 18.0 Å². The Morgan fingerprint density at radius 3 is 2.00 bits per heavy atom. The molecule has 0 aromatic carbocycles. The van der Waals surface area contributed by atoms with Crippen LogP contribution in [0.5, 0.6) is 0 Å². The first-order valence-corrected chi connectivity index (χ1v) is 15.6. The summed E-state index contributed by atoms with van der Waals surface area (Å²) in [4.78, 5) is 78.5. The molecule has 5 aliphatic rings. The molecule has 45 heavy (non-hydrogen) atoms. The monoisotopic (exact) mass is 636 g/mol. The molecule has 1 aliphatic heterocycles. The third kappa shape index (κ3) is 4.70. The summed E-state index contributed by atoms with van der Waals surface area (Å²) in [6.07, 6.45) is -5.15. The number of fused-ring (bicyclic) bond motifs is 2. The van der Waals surface area contributed by atoms with Gasteiger partial charge < -0.3 is 33.5 Å². The Morgan fingerprint density at radius 1 is 0.867 bits per heavy atom. The molecular weight excluding hydrogens is 592 g/mol. The lowest BCUT2D eigenvalue weighted by molar-refractivity contribution is -0.260. The van der Waals surface area contributed by atoms with Gasteiger partial charge in [0, 0.05) is 45.4 Å². The van der Waals surface area contributed by atoms with Gasteiger partial charge in [-0.3, -0.25) is 28.8 Å². The fourth-order valence-corrected chi connectivity index (χ4v) is 9.79. The van der Waals surface area contributed by atoms with E-state index in [4.69, 9.17) is 28.4 Å². The molecule has 1 heterocycles. The van der Waals surface area contributed by atoms with Gasteiger partial charge in [-0.25, -0.2) is 0 Å². The van der Waals surface area contributed by atoms with E-state index in [-0.39, 0.29) is 19.4 Å². The molecule has 0 aromatic rings. The molecule has 0 aromatic heterocycles. The number of carbonyl (C=O) groups excluding carboxylic acids is 6. The van der Waals surface area contributed by atoms with Crippen LogP contribution in [0.4, 0.5) is 0 Å². The average Bonchev–Trinajstić information content (AvgIpc) is 3.31. The van der Waals surface area contributed by atoms with Gasteiger partial charge in [0.1, 0.15) is 29.0 Å². The maximum Gasteiger partial charge on any atom is 0.309 e. The molecule has 250 valence electrons. The first-order valence-electron chi connectivity index (χ1n) is 15.6. The first kappa shape index (κ1) is 33.3. The summed E-state index contributed by atoms with van der Waals surface area (Å²) in [5.74, 6) is -8.60. The van der Waals surface area contributed by atoms with Crippen molar-refractivity contribution in [1.82, 2.24) is 0 Å². The van der Waals surface area contributed by atoms with E-state index in [0.717, 1.165) is 6.92 Å². The molecule has 13 atom stereocenters. The topological polar surface area (TPSA) is 178 Å². The molecular formula is C32H44O13. The Morgan fingerprint density at radius 2 is 1.47 bits per heavy atom. The molecule has 13 nitrogen and oxygen atoms in total. The lowest BCUT2D eigenvalue weighted by Crippen LogP contribution is -2.75. The highest BCUT2D eigenvalue weighted by molar-refractivity contribution is 5.94. The molecule has 5 fully saturated rings. The van der Waals surface area contributed by atoms with Crippen LogP contribution in [-0.4, -0.2) is 88.6 Å². The number of hydrogen-bond acceptors (Lipinski definition) is 13. The molecule has 4 saturated carbocycles. The molecule has 1 saturated heterocycles. The lowest BCUT2D eigenvalue weighted by Gasteiger charge is -2.64. The summed E-state index contributed by atoms with van der Waals surface area (Å²) in [5, 5.41) is 12.8. The van der Waals surface area contributed by atoms with Crippen molar-refractivity contribution in [2.24, 2.45) is 40.9 Å². The van der Waals surface area contributed by atoms with Gasteiger partial charge in [-0.2, -0.15) is 0 Å². The van der Waals surface area contributed by atoms with Crippen molar-refractivity contribution >= 4 is 35.6 Å². The number of Topliss-reactive ketones (excluding diaryl/α,β-unsaturated/α-hetero) is 1. The van der Waals surface area contributed by atoms with Crippen LogP contribution in [0.15, 0.2) is 0 Å². The van der Waals surface area contributed by atoms with Crippen LogP contribution in [0.3, 0.4) is 0 Å². The summed E-state index contributed by atoms with van der Waals surface area (Å²) < 4.78 is 36.1. The van der Waals surface area contributed by atoms with Crippen molar-refractivity contribution in [2.45, 2.75) is 116 Å². The van der Waals surface area contributed by atoms with Crippen LogP contribution in [0.2, 0.25) is 0 Å². The van der Waals surface area contributed by atoms with E-state index in [2.05, 4.69) is 0 Å². The second-order valence-corrected chi connectivity index (χ2v) is 14.5. The van der Waals surface area contributed by atoms with Gasteiger partial charge in [0.25, 0.3) is 0 Å². The van der Waals surface area contributed by atoms with Crippen molar-refractivity contribution in [1.29, 1.82) is 0 Å². The highest BCUT2D eigenvalue weighted by Crippen LogP contribution is 2.72. The summed E-state index contributed by atoms with van der Waals surface area (Å²) >= 11 is 0. The maximum absolute atomic E-state index is 15.1. The van der Waals surface area contributed by atoms with Crippen molar-refractivity contribution in [3.05, 3.63) is 0 Å². The minimum atomic E-state index is -2.01. The minimum absolute atomic E-state index is 0.0532. The SMILES string of the molecule is CC(=O)O[C@H]1[C@H]2[C@H](OC(C)=O)[C@]34CO[C@@](C)([C@H]3[C@H]3[C@H](C[C@@]3(C)OC(C)=O)[C@H](OC(=O)C(C)C)C4=O)[C@@H](OC(C)=O)[C@]2(O)C[C@H]1C. The van der Waals surface area contributed by atoms with Crippen molar-refractivity contribution in [2.75, 3.05) is 6.61 Å². The standard InChI is InChI=1S/C32H44O13/c1-13(2)27(38)44-23-19-11-29(8,45-18(7)36)20(19)24-30(9)28(43-17(6)35)32(39)10-14(3)22(41-15(4)33)21(32)26(42-16(5)34)31(24,12-40-30)25(23)37/h13-14,19-24,26,28,39H,10-12H2,1-9H3/t14-,19+,20-,21+,22-,23+,24-,26+,28-,29-,30+,31-,32+/m1/s1. The Balaban J connectivity index is 1.83. The van der Waals surface area contributed by atoms with Gasteiger partial charge >= 0.3 is 29.8 Å². The third-order valence-corrected chi connectivity index (χ3v) is 11.0. The summed E-state index contributed by atoms with van der Waals surface area (Å²) in [6.45, 7) is 12.8. The van der Waals surface area contributed by atoms with E-state index in [1.165, 1.54) is 20.8 Å². The Kier molecular flexibility index (Phi) is 7.96. The van der Waals surface area contributed by atoms with Gasteiger partial charge in [-0.05, 0) is 32.6 Å². The van der Waals surface area contributed by atoms with E-state index in [9.17, 15) is 29.1 Å². The van der Waals surface area contributed by atoms with E-state index in [0.29, 0.717) is 0 Å². The fourth-order valence-electron chi connectivity index (χ4n) is 9.79. The zero-order valence-electron chi connectivity index (χ0n) is 27.2. The summed E-state index contributed by atoms with van der Waals surface area (Å²) in [7, 11) is 0. The molecule has 0 amide bonds. The molecule has 4 aliphatic carbocycles. The number of ether oxygens (including phenoxy) is 6. The molecule has 5 rings (SSSR count). The number of aliphatic hydroxyl groups is 1. The molecule has 1 N–H and O–H groups in total. The molecule has 2 bridgehead atoms. The zero-order valence-corrected chi connectivity index (χ0v) is 27.2. The first-order chi connectivity index (χ1) is 20.7. The number of carbonyl (C=O) groups is 6. The predicted octanol–water partition coefficient (Wildman–Crippen LogP) is 1.68. The van der Waals surface area contributed by atoms with E-state index in [1.807, 2.05) is 0 Å². The molecule has 13 heteroatoms. The van der Waals surface area contributed by atoms with Gasteiger partial charge in [0.2, 0.25) is 0 Å². The highest BCUT2D eigenvalue weighted by Gasteiger charge is 2.86. The van der Waals surface area contributed by atoms with E-state index in [1.54, 1.807) is 34.6 Å². The van der Waals surface area contributed by atoms with Crippen LogP contribution in [0.25, 0.3) is 0 Å². The number of hydrogen-bond donors (Lipinski definition) is 1. The highest BCUT2D eigenvalue weighted by atomic mass is 16.6. The normalized spacial score (nSPS) is 46.0. The van der Waals surface area contributed by atoms with E-state index < -0.39 is 118 Å². The van der Waals surface area contributed by atoms with E-state index >= 15 is 4.79 Å². The number of esters is 5. The van der Waals surface area contributed by atoms with Crippen LogP contribution >= 0.6 is 0 Å². The van der Waals surface area contributed by atoms with Crippen molar-refractivity contribution < 1.29 is 62.3 Å². The minimum Gasteiger partial charge on any atom is -0.462 e. The quantitative estimate of drug-likeness (QED) is 0.329. The van der Waals surface area contributed by atoms with Crippen LogP contribution in [0.1, 0.15) is 75.2 Å². The maximum atomic E-state index is 15.1. The Bertz CT molecular complexity index is 1330. The van der Waals surface area contributed by atoms with Crippen molar-refractivity contribution in [3.63, 3.8) is 0 Å². The summed E-state index contributed by atoms with van der Waals surface area (Å²) in [5.41, 5.74) is -6.57. The molecule has 0 unspecified atom stereocenters. The zero-order chi connectivity index (χ0) is 33.6. The largest absolute Gasteiger partial charge is 0.462 e. The molecule has 0 spiro atoms. The predicted molar refractivity (Wildman–Crippen MR) is 151 cm³/mol. The smallest absolute Gasteiger partial charge is 0.309 e. The molecule has 0 radical (unpaired) electrons. The Hall–Kier alpha value is -3.06. The van der Waals surface area contributed by atoms with Crippen LogP contribution in [0, 0.1) is 40.9 Å². The second kappa shape index (κ2) is 10.8. The van der Waals surface area contributed by atoms with Crippen molar-refractivity contribution in [3.8, 4) is 0 Å². The van der Waals surface area contributed by atoms with Crippen LogP contribution in [-0.2, 0) is 57.2 Å². The second-order valence-electron chi connectivity index (χ2n) is 14.5. The third-order valence-electron chi connectivity index (χ3n) is 11.0. The lowest BCUT2D eigenvalue weighted by atomic mass is 9.42. The average molecular weight is 637 g/mol. The van der Waals surface area contributed by atoms with Gasteiger partial charge in [0.05, 0.1) is 23.9 Å². The van der Waals surface area contributed by atoms with Crippen LogP contribution < -0.4 is 0 Å².